The number of carbonyl (C=O) groups is 1. The number of hydrogen-bond acceptors (Lipinski definition) is 1. The third kappa shape index (κ3) is 2.99. The molecule has 1 atom stereocenters. The monoisotopic (exact) mass is 277 g/mol. The number of amides is 1. The number of nitrogens with two attached hydrogens (primary N) is 1. The lowest BCUT2D eigenvalue weighted by Gasteiger charge is -2.08. The van der Waals surface area contributed by atoms with Crippen molar-refractivity contribution in [1.82, 2.24) is 0 Å². The van der Waals surface area contributed by atoms with Gasteiger partial charge < -0.3 is 5.73 Å². The molecule has 0 saturated heterocycles. The van der Waals surface area contributed by atoms with Gasteiger partial charge in [-0.25, -0.2) is 8.78 Å². The van der Waals surface area contributed by atoms with Gasteiger partial charge in [-0.3, -0.25) is 4.79 Å². The highest BCUT2D eigenvalue weighted by Gasteiger charge is 2.15. The van der Waals surface area contributed by atoms with Crippen LogP contribution in [0.2, 0.25) is 0 Å². The van der Waals surface area contributed by atoms with Crippen LogP contribution in [0.3, 0.4) is 0 Å². The first-order valence-electron chi connectivity index (χ1n) is 4.29. The fourth-order valence-corrected chi connectivity index (χ4v) is 1.49. The first kappa shape index (κ1) is 12.1. The predicted octanol–water partition coefficient (Wildman–Crippen LogP) is 2.06. The molecule has 2 N–H and O–H groups in total. The molecule has 0 aliphatic heterocycles. The highest BCUT2D eigenvalue weighted by atomic mass is 79.9. The summed E-state index contributed by atoms with van der Waals surface area (Å²) in [6.07, 6.45) is 0.0400. The maximum Gasteiger partial charge on any atom is 0.231 e. The van der Waals surface area contributed by atoms with E-state index in [1.165, 1.54) is 6.92 Å². The maximum atomic E-state index is 13.3. The summed E-state index contributed by atoms with van der Waals surface area (Å²) >= 11 is 2.99. The van der Waals surface area contributed by atoms with Gasteiger partial charge in [0.15, 0.2) is 0 Å². The van der Waals surface area contributed by atoms with Crippen LogP contribution in [-0.2, 0) is 11.2 Å². The fourth-order valence-electron chi connectivity index (χ4n) is 1.14. The molecule has 0 bridgehead atoms. The summed E-state index contributed by atoms with van der Waals surface area (Å²) in [6.45, 7) is 1.47. The van der Waals surface area contributed by atoms with Crippen molar-refractivity contribution in [3.05, 3.63) is 34.9 Å². The van der Waals surface area contributed by atoms with Crippen molar-refractivity contribution >= 4 is 21.8 Å². The molecule has 15 heavy (non-hydrogen) atoms. The number of benzene rings is 1. The van der Waals surface area contributed by atoms with Crippen LogP contribution in [0.5, 0.6) is 0 Å². The van der Waals surface area contributed by atoms with E-state index in [2.05, 4.69) is 15.9 Å². The van der Waals surface area contributed by atoms with Crippen LogP contribution in [0.1, 0.15) is 11.1 Å². The molecule has 1 aromatic rings. The standard InChI is InChI=1S/C10H10BrF2NO/c1-5-2-9(13)6(4-8(5)12)3-7(11)10(14)15/h2,4,7H,3H2,1H3,(H2,14,15). The summed E-state index contributed by atoms with van der Waals surface area (Å²) in [5.74, 6) is -1.62. The molecule has 0 aromatic heterocycles. The van der Waals surface area contributed by atoms with Gasteiger partial charge in [-0.2, -0.15) is 0 Å². The van der Waals surface area contributed by atoms with E-state index >= 15 is 0 Å². The first-order valence-corrected chi connectivity index (χ1v) is 5.21. The molecule has 82 valence electrons. The summed E-state index contributed by atoms with van der Waals surface area (Å²) in [4.78, 5) is 10.0. The topological polar surface area (TPSA) is 43.1 Å². The van der Waals surface area contributed by atoms with Gasteiger partial charge in [0, 0.05) is 0 Å². The Kier molecular flexibility index (Phi) is 3.79. The van der Waals surface area contributed by atoms with Gasteiger partial charge in [-0.1, -0.05) is 15.9 Å². The van der Waals surface area contributed by atoms with Gasteiger partial charge in [0.2, 0.25) is 5.91 Å². The number of rotatable bonds is 3. The minimum atomic E-state index is -0.686. The molecule has 1 rings (SSSR count). The Morgan fingerprint density at radius 1 is 1.47 bits per heavy atom. The van der Waals surface area contributed by atoms with Crippen LogP contribution in [0.4, 0.5) is 8.78 Å². The summed E-state index contributed by atoms with van der Waals surface area (Å²) in [6, 6.07) is 2.19. The Hall–Kier alpha value is -0.970. The van der Waals surface area contributed by atoms with Gasteiger partial charge in [0.05, 0.1) is 4.83 Å². The molecule has 1 unspecified atom stereocenters. The average molecular weight is 278 g/mol. The molecule has 0 heterocycles. The molecule has 0 aliphatic carbocycles. The fraction of sp³-hybridized carbons (Fsp3) is 0.300. The highest BCUT2D eigenvalue weighted by Crippen LogP contribution is 2.17. The van der Waals surface area contributed by atoms with E-state index in [1.807, 2.05) is 0 Å². The molecule has 2 nitrogen and oxygen atoms in total. The lowest BCUT2D eigenvalue weighted by Crippen LogP contribution is -2.25. The summed E-state index contributed by atoms with van der Waals surface area (Å²) in [5, 5.41) is 0. The Morgan fingerprint density at radius 3 is 2.60 bits per heavy atom. The van der Waals surface area contributed by atoms with Gasteiger partial charge in [-0.15, -0.1) is 0 Å². The van der Waals surface area contributed by atoms with Crippen molar-refractivity contribution in [3.63, 3.8) is 0 Å². The third-order valence-corrected chi connectivity index (χ3v) is 2.81. The lowest BCUT2D eigenvalue weighted by atomic mass is 10.1. The molecule has 1 amide bonds. The lowest BCUT2D eigenvalue weighted by molar-refractivity contribution is -0.117. The second-order valence-electron chi connectivity index (χ2n) is 3.27. The quantitative estimate of drug-likeness (QED) is 0.845. The summed E-state index contributed by atoms with van der Waals surface area (Å²) in [7, 11) is 0. The Balaban J connectivity index is 2.95. The van der Waals surface area contributed by atoms with Gasteiger partial charge in [0.25, 0.3) is 0 Å². The zero-order valence-electron chi connectivity index (χ0n) is 8.06. The van der Waals surface area contributed by atoms with E-state index < -0.39 is 22.4 Å². The minimum Gasteiger partial charge on any atom is -0.369 e. The van der Waals surface area contributed by atoms with Gasteiger partial charge in [0.1, 0.15) is 11.6 Å². The van der Waals surface area contributed by atoms with Crippen molar-refractivity contribution in [1.29, 1.82) is 0 Å². The Morgan fingerprint density at radius 2 is 2.07 bits per heavy atom. The van der Waals surface area contributed by atoms with Gasteiger partial charge >= 0.3 is 0 Å². The van der Waals surface area contributed by atoms with Crippen molar-refractivity contribution in [3.8, 4) is 0 Å². The molecule has 0 spiro atoms. The Bertz CT molecular complexity index is 395. The van der Waals surface area contributed by atoms with Crippen molar-refractivity contribution in [2.45, 2.75) is 18.2 Å². The van der Waals surface area contributed by atoms with E-state index in [9.17, 15) is 13.6 Å². The number of carbonyl (C=O) groups excluding carboxylic acids is 1. The second-order valence-corrected chi connectivity index (χ2v) is 4.37. The number of aryl methyl sites for hydroxylation is 1. The molecule has 0 saturated carbocycles. The van der Waals surface area contributed by atoms with E-state index in [-0.39, 0.29) is 17.5 Å². The van der Waals surface area contributed by atoms with Gasteiger partial charge in [-0.05, 0) is 36.6 Å². The van der Waals surface area contributed by atoms with Crippen molar-refractivity contribution < 1.29 is 13.6 Å². The SMILES string of the molecule is Cc1cc(F)c(CC(Br)C(N)=O)cc1F. The predicted molar refractivity (Wildman–Crippen MR) is 56.7 cm³/mol. The molecular formula is C10H10BrF2NO. The molecule has 0 radical (unpaired) electrons. The van der Waals surface area contributed by atoms with Crippen LogP contribution in [0.15, 0.2) is 12.1 Å². The molecule has 1 aromatic carbocycles. The first-order chi connectivity index (χ1) is 6.91. The second kappa shape index (κ2) is 4.70. The van der Waals surface area contributed by atoms with Crippen LogP contribution in [0, 0.1) is 18.6 Å². The minimum absolute atomic E-state index is 0.0400. The zero-order chi connectivity index (χ0) is 11.6. The summed E-state index contributed by atoms with van der Waals surface area (Å²) < 4.78 is 26.4. The Labute approximate surface area is 94.6 Å². The van der Waals surface area contributed by atoms with Crippen molar-refractivity contribution in [2.24, 2.45) is 5.73 Å². The molecule has 0 aliphatic rings. The van der Waals surface area contributed by atoms with Crippen LogP contribution in [0.25, 0.3) is 0 Å². The summed E-state index contributed by atoms with van der Waals surface area (Å²) in [5.41, 5.74) is 5.38. The highest BCUT2D eigenvalue weighted by molar-refractivity contribution is 9.10. The maximum absolute atomic E-state index is 13.3. The van der Waals surface area contributed by atoms with E-state index in [4.69, 9.17) is 5.73 Å². The largest absolute Gasteiger partial charge is 0.369 e. The van der Waals surface area contributed by atoms with Crippen LogP contribution >= 0.6 is 15.9 Å². The van der Waals surface area contributed by atoms with Crippen LogP contribution < -0.4 is 5.73 Å². The smallest absolute Gasteiger partial charge is 0.231 e. The number of primary amides is 1. The number of alkyl halides is 1. The molecule has 5 heteroatoms. The average Bonchev–Trinajstić information content (AvgIpc) is 2.13. The zero-order valence-corrected chi connectivity index (χ0v) is 9.64. The van der Waals surface area contributed by atoms with E-state index in [0.717, 1.165) is 12.1 Å². The van der Waals surface area contributed by atoms with Crippen LogP contribution in [-0.4, -0.2) is 10.7 Å². The number of halogens is 3. The molecule has 0 fully saturated rings. The third-order valence-electron chi connectivity index (χ3n) is 2.04. The van der Waals surface area contributed by atoms with E-state index in [1.54, 1.807) is 0 Å². The van der Waals surface area contributed by atoms with E-state index in [0.29, 0.717) is 0 Å². The number of hydrogen-bond donors (Lipinski definition) is 1. The normalized spacial score (nSPS) is 12.5. The van der Waals surface area contributed by atoms with Crippen molar-refractivity contribution in [2.75, 3.05) is 0 Å². The molecular weight excluding hydrogens is 268 g/mol.